The van der Waals surface area contributed by atoms with E-state index in [1.54, 1.807) is 6.08 Å². The van der Waals surface area contributed by atoms with E-state index in [2.05, 4.69) is 20.5 Å². The molecule has 1 atom stereocenters. The number of aromatic amines is 1. The highest BCUT2D eigenvalue weighted by atomic mass is 35.5. The number of rotatable bonds is 6. The van der Waals surface area contributed by atoms with Gasteiger partial charge in [-0.05, 0) is 43.5 Å². The van der Waals surface area contributed by atoms with Crippen molar-refractivity contribution in [1.82, 2.24) is 15.2 Å². The van der Waals surface area contributed by atoms with Crippen molar-refractivity contribution in [2.24, 2.45) is 5.92 Å². The van der Waals surface area contributed by atoms with Gasteiger partial charge in [0.05, 0.1) is 23.8 Å². The van der Waals surface area contributed by atoms with Crippen LogP contribution >= 0.6 is 11.6 Å². The van der Waals surface area contributed by atoms with Crippen LogP contribution in [-0.2, 0) is 15.7 Å². The fourth-order valence-electron chi connectivity index (χ4n) is 3.36. The number of aromatic nitrogens is 3. The summed E-state index contributed by atoms with van der Waals surface area (Å²) in [4.78, 5) is 3.83. The van der Waals surface area contributed by atoms with Crippen molar-refractivity contribution in [1.29, 1.82) is 0 Å². The van der Waals surface area contributed by atoms with Gasteiger partial charge < -0.3 is 20.5 Å². The molecule has 0 aliphatic heterocycles. The Kier molecular flexibility index (Phi) is 6.40. The Morgan fingerprint density at radius 3 is 2.58 bits per heavy atom. The van der Waals surface area contributed by atoms with E-state index in [1.165, 1.54) is 13.2 Å². The average Bonchev–Trinajstić information content (AvgIpc) is 3.06. The fourth-order valence-corrected chi connectivity index (χ4v) is 3.69. The van der Waals surface area contributed by atoms with E-state index in [1.807, 2.05) is 20.8 Å². The zero-order chi connectivity index (χ0) is 22.9. The van der Waals surface area contributed by atoms with E-state index >= 15 is 0 Å². The Balaban J connectivity index is 2.13. The van der Waals surface area contributed by atoms with Gasteiger partial charge in [0, 0.05) is 17.7 Å². The SMILES string of the molecule is COC1=C(OC(C)C)C=C(c2c(Cl)cc(Nc3n[nH]c(N)n3)cc2C(F)(F)F)C(C)C1. The van der Waals surface area contributed by atoms with Crippen molar-refractivity contribution in [3.63, 3.8) is 0 Å². The molecule has 7 nitrogen and oxygen atoms in total. The number of nitrogens with one attached hydrogen (secondary N) is 2. The van der Waals surface area contributed by atoms with Crippen LogP contribution in [0.5, 0.6) is 0 Å². The number of halogens is 4. The van der Waals surface area contributed by atoms with Gasteiger partial charge in [0.15, 0.2) is 5.76 Å². The van der Waals surface area contributed by atoms with E-state index in [4.69, 9.17) is 26.8 Å². The molecule has 1 aromatic heterocycles. The maximum absolute atomic E-state index is 14.0. The second-order valence-electron chi connectivity index (χ2n) is 7.41. The number of ether oxygens (including phenoxy) is 2. The van der Waals surface area contributed by atoms with Crippen molar-refractivity contribution >= 4 is 34.8 Å². The first-order valence-electron chi connectivity index (χ1n) is 9.51. The number of anilines is 3. The molecule has 1 unspecified atom stereocenters. The van der Waals surface area contributed by atoms with Crippen molar-refractivity contribution < 1.29 is 22.6 Å². The number of hydrogen-bond donors (Lipinski definition) is 3. The van der Waals surface area contributed by atoms with E-state index in [-0.39, 0.29) is 40.2 Å². The summed E-state index contributed by atoms with van der Waals surface area (Å²) in [7, 11) is 1.51. The van der Waals surface area contributed by atoms with Gasteiger partial charge >= 0.3 is 6.18 Å². The molecule has 0 amide bonds. The van der Waals surface area contributed by atoms with Crippen molar-refractivity contribution in [2.45, 2.75) is 39.5 Å². The first kappa shape index (κ1) is 22.8. The molecule has 2 aromatic rings. The van der Waals surface area contributed by atoms with Crippen molar-refractivity contribution in [2.75, 3.05) is 18.2 Å². The fraction of sp³-hybridized carbons (Fsp3) is 0.400. The highest BCUT2D eigenvalue weighted by Gasteiger charge is 2.38. The van der Waals surface area contributed by atoms with Gasteiger partial charge in [-0.15, -0.1) is 5.10 Å². The number of benzene rings is 1. The van der Waals surface area contributed by atoms with Crippen LogP contribution in [0, 0.1) is 5.92 Å². The molecule has 0 saturated heterocycles. The van der Waals surface area contributed by atoms with Gasteiger partial charge in [-0.25, -0.2) is 5.10 Å². The number of nitrogens with zero attached hydrogens (tertiary/aromatic N) is 2. The number of hydrogen-bond acceptors (Lipinski definition) is 6. The molecule has 0 radical (unpaired) electrons. The van der Waals surface area contributed by atoms with Crippen LogP contribution in [0.1, 0.15) is 38.3 Å². The van der Waals surface area contributed by atoms with E-state index < -0.39 is 11.7 Å². The van der Waals surface area contributed by atoms with Crippen LogP contribution in [0.25, 0.3) is 5.57 Å². The third-order valence-electron chi connectivity index (χ3n) is 4.64. The number of nitrogens with two attached hydrogens (primary N) is 1. The van der Waals surface area contributed by atoms with Crippen molar-refractivity contribution in [3.05, 3.63) is 45.9 Å². The molecule has 1 heterocycles. The highest BCUT2D eigenvalue weighted by Crippen LogP contribution is 2.46. The molecular weight excluding hydrogens is 435 g/mol. The number of allylic oxidation sites excluding steroid dienone is 3. The molecule has 11 heteroatoms. The molecule has 0 bridgehead atoms. The molecule has 31 heavy (non-hydrogen) atoms. The summed E-state index contributed by atoms with van der Waals surface area (Å²) in [6.07, 6.45) is -2.87. The Bertz CT molecular complexity index is 1030. The highest BCUT2D eigenvalue weighted by molar-refractivity contribution is 6.33. The first-order chi connectivity index (χ1) is 14.5. The third kappa shape index (κ3) is 5.07. The minimum Gasteiger partial charge on any atom is -0.497 e. The zero-order valence-corrected chi connectivity index (χ0v) is 18.1. The normalized spacial score (nSPS) is 17.1. The minimum atomic E-state index is -4.65. The second kappa shape index (κ2) is 8.70. The quantitative estimate of drug-likeness (QED) is 0.529. The smallest absolute Gasteiger partial charge is 0.417 e. The Hall–Kier alpha value is -2.88. The van der Waals surface area contributed by atoms with Crippen LogP contribution in [-0.4, -0.2) is 28.4 Å². The Morgan fingerprint density at radius 1 is 1.32 bits per heavy atom. The lowest BCUT2D eigenvalue weighted by molar-refractivity contribution is -0.137. The molecular formula is C20H23ClF3N5O2. The molecule has 1 aromatic carbocycles. The van der Waals surface area contributed by atoms with Crippen molar-refractivity contribution in [3.8, 4) is 0 Å². The maximum atomic E-state index is 14.0. The molecule has 168 valence electrons. The topological polar surface area (TPSA) is 98.1 Å². The maximum Gasteiger partial charge on any atom is 0.417 e. The molecule has 1 aliphatic rings. The van der Waals surface area contributed by atoms with Gasteiger partial charge in [-0.1, -0.05) is 18.5 Å². The monoisotopic (exact) mass is 457 g/mol. The van der Waals surface area contributed by atoms with E-state index in [0.29, 0.717) is 23.5 Å². The summed E-state index contributed by atoms with van der Waals surface area (Å²) in [6.45, 7) is 5.47. The third-order valence-corrected chi connectivity index (χ3v) is 4.93. The van der Waals surface area contributed by atoms with E-state index in [0.717, 1.165) is 6.07 Å². The lowest BCUT2D eigenvalue weighted by Gasteiger charge is -2.28. The molecule has 0 spiro atoms. The summed E-state index contributed by atoms with van der Waals surface area (Å²) < 4.78 is 53.3. The van der Waals surface area contributed by atoms with Crippen LogP contribution in [0.4, 0.5) is 30.8 Å². The minimum absolute atomic E-state index is 0.0278. The molecule has 0 saturated carbocycles. The second-order valence-corrected chi connectivity index (χ2v) is 7.82. The average molecular weight is 458 g/mol. The van der Waals surface area contributed by atoms with Gasteiger partial charge in [0.25, 0.3) is 0 Å². The zero-order valence-electron chi connectivity index (χ0n) is 17.4. The molecule has 4 N–H and O–H groups in total. The Labute approximate surface area is 182 Å². The summed E-state index contributed by atoms with van der Waals surface area (Å²) in [6, 6.07) is 2.37. The largest absolute Gasteiger partial charge is 0.497 e. The molecule has 1 aliphatic carbocycles. The van der Waals surface area contributed by atoms with Gasteiger partial charge in [-0.3, -0.25) is 0 Å². The van der Waals surface area contributed by atoms with Crippen LogP contribution in [0.15, 0.2) is 29.7 Å². The summed E-state index contributed by atoms with van der Waals surface area (Å²) >= 11 is 6.39. The van der Waals surface area contributed by atoms with Gasteiger partial charge in [0.2, 0.25) is 11.9 Å². The number of H-pyrrole nitrogens is 1. The summed E-state index contributed by atoms with van der Waals surface area (Å²) in [5, 5.41) is 8.79. The summed E-state index contributed by atoms with van der Waals surface area (Å²) in [5.41, 5.74) is 4.98. The predicted octanol–water partition coefficient (Wildman–Crippen LogP) is 5.51. The summed E-state index contributed by atoms with van der Waals surface area (Å²) in [5.74, 6) is 0.754. The van der Waals surface area contributed by atoms with E-state index in [9.17, 15) is 13.2 Å². The lowest BCUT2D eigenvalue weighted by atomic mass is 9.84. The lowest BCUT2D eigenvalue weighted by Crippen LogP contribution is -2.17. The predicted molar refractivity (Wildman–Crippen MR) is 113 cm³/mol. The van der Waals surface area contributed by atoms with Crippen LogP contribution < -0.4 is 11.1 Å². The number of alkyl halides is 3. The van der Waals surface area contributed by atoms with Crippen LogP contribution in [0.3, 0.4) is 0 Å². The number of nitrogen functional groups attached to an aromatic ring is 1. The Morgan fingerprint density at radius 2 is 2.03 bits per heavy atom. The first-order valence-corrected chi connectivity index (χ1v) is 9.88. The van der Waals surface area contributed by atoms with Gasteiger partial charge in [0.1, 0.15) is 5.76 Å². The van der Waals surface area contributed by atoms with Crippen LogP contribution in [0.2, 0.25) is 5.02 Å². The molecule has 3 rings (SSSR count). The van der Waals surface area contributed by atoms with Gasteiger partial charge in [-0.2, -0.15) is 18.2 Å². The standard InChI is InChI=1S/C20H23ClF3N5O2/c1-9(2)31-16-8-12(10(3)5-15(16)30-4)17-13(20(22,23)24)6-11(7-14(17)21)26-19-27-18(25)28-29-19/h6-10H,5H2,1-4H3,(H4,25,26,27,28,29). The number of methoxy groups -OCH3 is 1. The molecule has 0 fully saturated rings.